The number of carbonyl (C=O) groups is 2. The number of benzene rings is 1. The Labute approximate surface area is 124 Å². The number of ether oxygens (including phenoxy) is 1. The smallest absolute Gasteiger partial charge is 0.326 e. The topological polar surface area (TPSA) is 66.8 Å². The van der Waals surface area contributed by atoms with Gasteiger partial charge in [0, 0.05) is 7.05 Å². The van der Waals surface area contributed by atoms with Crippen LogP contribution in [0.3, 0.4) is 0 Å². The zero-order chi connectivity index (χ0) is 15.8. The number of amides is 1. The number of likely N-dealkylation sites (N-methyl/N-ethyl adjacent to an activating group) is 1. The minimum atomic E-state index is -0.997. The molecule has 0 aliphatic heterocycles. The molecule has 1 aliphatic rings. The fraction of sp³-hybridized carbons (Fsp3) is 0.500. The minimum absolute atomic E-state index is 0.136. The molecule has 1 N–H and O–H groups in total. The number of hydrogen-bond donors (Lipinski definition) is 1. The third kappa shape index (κ3) is 2.60. The predicted octanol–water partition coefficient (Wildman–Crippen LogP) is 1.97. The van der Waals surface area contributed by atoms with E-state index in [2.05, 4.69) is 0 Å². The summed E-state index contributed by atoms with van der Waals surface area (Å²) in [5.41, 5.74) is 1.33. The molecule has 114 valence electrons. The van der Waals surface area contributed by atoms with E-state index >= 15 is 0 Å². The van der Waals surface area contributed by atoms with E-state index in [4.69, 9.17) is 9.84 Å². The molecule has 5 heteroatoms. The third-order valence-electron chi connectivity index (χ3n) is 4.38. The van der Waals surface area contributed by atoms with Gasteiger partial charge in [-0.25, -0.2) is 4.79 Å². The van der Waals surface area contributed by atoms with Gasteiger partial charge in [-0.2, -0.15) is 0 Å². The predicted molar refractivity (Wildman–Crippen MR) is 78.5 cm³/mol. The maximum atomic E-state index is 12.7. The molecule has 0 saturated heterocycles. The lowest BCUT2D eigenvalue weighted by molar-refractivity contribution is -0.149. The second kappa shape index (κ2) is 5.39. The maximum absolute atomic E-state index is 12.7. The number of carboxylic acid groups (broad SMARTS) is 1. The standard InChI is InChI=1S/C16H21NO4/c1-10-5-6-12(9-13(10)21-4)16(7-8-16)15(20)17(3)11(2)14(18)19/h5-6,9,11H,7-8H2,1-4H3,(H,18,19)/t11-/m1/s1. The van der Waals surface area contributed by atoms with Crippen molar-refractivity contribution in [1.29, 1.82) is 0 Å². The van der Waals surface area contributed by atoms with Crippen molar-refractivity contribution in [1.82, 2.24) is 4.90 Å². The summed E-state index contributed by atoms with van der Waals surface area (Å²) in [7, 11) is 3.15. The number of aliphatic carboxylic acids is 1. The molecular weight excluding hydrogens is 270 g/mol. The van der Waals surface area contributed by atoms with Crippen LogP contribution in [0.25, 0.3) is 0 Å². The van der Waals surface area contributed by atoms with Crippen molar-refractivity contribution in [2.24, 2.45) is 0 Å². The van der Waals surface area contributed by atoms with Crippen molar-refractivity contribution in [2.75, 3.05) is 14.2 Å². The Bertz CT molecular complexity index is 578. The van der Waals surface area contributed by atoms with E-state index in [-0.39, 0.29) is 5.91 Å². The minimum Gasteiger partial charge on any atom is -0.496 e. The number of hydrogen-bond acceptors (Lipinski definition) is 3. The zero-order valence-corrected chi connectivity index (χ0v) is 12.8. The number of methoxy groups -OCH3 is 1. The summed E-state index contributed by atoms with van der Waals surface area (Å²) in [5, 5.41) is 9.06. The van der Waals surface area contributed by atoms with Crippen molar-refractivity contribution >= 4 is 11.9 Å². The Morgan fingerprint density at radius 3 is 2.48 bits per heavy atom. The molecule has 21 heavy (non-hydrogen) atoms. The van der Waals surface area contributed by atoms with E-state index < -0.39 is 17.4 Å². The normalized spacial score (nSPS) is 17.0. The van der Waals surface area contributed by atoms with E-state index in [9.17, 15) is 9.59 Å². The van der Waals surface area contributed by atoms with Crippen LogP contribution in [0.15, 0.2) is 18.2 Å². The van der Waals surface area contributed by atoms with E-state index in [0.29, 0.717) is 0 Å². The quantitative estimate of drug-likeness (QED) is 0.900. The van der Waals surface area contributed by atoms with Gasteiger partial charge in [-0.15, -0.1) is 0 Å². The van der Waals surface area contributed by atoms with E-state index in [0.717, 1.165) is 29.7 Å². The van der Waals surface area contributed by atoms with Crippen LogP contribution < -0.4 is 4.74 Å². The zero-order valence-electron chi connectivity index (χ0n) is 12.8. The number of carboxylic acids is 1. The van der Waals surface area contributed by atoms with Crippen LogP contribution in [0.4, 0.5) is 0 Å². The molecule has 0 heterocycles. The highest BCUT2D eigenvalue weighted by atomic mass is 16.5. The summed E-state index contributed by atoms with van der Waals surface area (Å²) in [4.78, 5) is 25.1. The summed E-state index contributed by atoms with van der Waals surface area (Å²) >= 11 is 0. The molecule has 0 radical (unpaired) electrons. The van der Waals surface area contributed by atoms with Crippen molar-refractivity contribution in [3.05, 3.63) is 29.3 Å². The summed E-state index contributed by atoms with van der Waals surface area (Å²) in [6.07, 6.45) is 1.49. The fourth-order valence-corrected chi connectivity index (χ4v) is 2.55. The molecule has 0 spiro atoms. The number of nitrogens with zero attached hydrogens (tertiary/aromatic N) is 1. The average Bonchev–Trinajstić information content (AvgIpc) is 3.26. The molecule has 1 saturated carbocycles. The van der Waals surface area contributed by atoms with Gasteiger partial charge >= 0.3 is 5.97 Å². The van der Waals surface area contributed by atoms with Gasteiger partial charge in [-0.3, -0.25) is 4.79 Å². The first-order valence-corrected chi connectivity index (χ1v) is 6.98. The Kier molecular flexibility index (Phi) is 3.94. The molecule has 1 aliphatic carbocycles. The molecule has 1 amide bonds. The van der Waals surface area contributed by atoms with E-state index in [1.807, 2.05) is 25.1 Å². The van der Waals surface area contributed by atoms with Crippen LogP contribution >= 0.6 is 0 Å². The fourth-order valence-electron chi connectivity index (χ4n) is 2.55. The van der Waals surface area contributed by atoms with Crippen molar-refractivity contribution in [2.45, 2.75) is 38.1 Å². The summed E-state index contributed by atoms with van der Waals surface area (Å²) in [5.74, 6) is -0.382. The van der Waals surface area contributed by atoms with E-state index in [1.54, 1.807) is 14.2 Å². The van der Waals surface area contributed by atoms with Crippen LogP contribution in [0.1, 0.15) is 30.9 Å². The Hall–Kier alpha value is -2.04. The summed E-state index contributed by atoms with van der Waals surface area (Å²) in [6.45, 7) is 3.47. The summed E-state index contributed by atoms with van der Waals surface area (Å²) in [6, 6.07) is 4.92. The van der Waals surface area contributed by atoms with Gasteiger partial charge < -0.3 is 14.7 Å². The second-order valence-corrected chi connectivity index (χ2v) is 5.70. The van der Waals surface area contributed by atoms with Crippen LogP contribution in [0, 0.1) is 6.92 Å². The van der Waals surface area contributed by atoms with Crippen LogP contribution in [0.2, 0.25) is 0 Å². The SMILES string of the molecule is COc1cc(C2(C(=O)N(C)[C@H](C)C(=O)O)CC2)ccc1C. The highest BCUT2D eigenvalue weighted by molar-refractivity contribution is 5.93. The highest BCUT2D eigenvalue weighted by Crippen LogP contribution is 2.50. The number of carbonyl (C=O) groups excluding carboxylic acids is 1. The molecule has 1 atom stereocenters. The molecule has 5 nitrogen and oxygen atoms in total. The van der Waals surface area contributed by atoms with Crippen LogP contribution in [0.5, 0.6) is 5.75 Å². The van der Waals surface area contributed by atoms with Gasteiger partial charge in [-0.1, -0.05) is 12.1 Å². The molecular formula is C16H21NO4. The molecule has 1 fully saturated rings. The summed E-state index contributed by atoms with van der Waals surface area (Å²) < 4.78 is 5.32. The Balaban J connectivity index is 2.30. The van der Waals surface area contributed by atoms with Gasteiger partial charge in [0.05, 0.1) is 12.5 Å². The highest BCUT2D eigenvalue weighted by Gasteiger charge is 2.53. The third-order valence-corrected chi connectivity index (χ3v) is 4.38. The monoisotopic (exact) mass is 291 g/mol. The maximum Gasteiger partial charge on any atom is 0.326 e. The first kappa shape index (κ1) is 15.4. The largest absolute Gasteiger partial charge is 0.496 e. The van der Waals surface area contributed by atoms with Gasteiger partial charge in [0.1, 0.15) is 11.8 Å². The van der Waals surface area contributed by atoms with Gasteiger partial charge in [0.25, 0.3) is 0 Å². The van der Waals surface area contributed by atoms with Crippen molar-refractivity contribution in [3.63, 3.8) is 0 Å². The van der Waals surface area contributed by atoms with Crippen LogP contribution in [-0.4, -0.2) is 42.1 Å². The Morgan fingerprint density at radius 1 is 1.38 bits per heavy atom. The van der Waals surface area contributed by atoms with Crippen molar-refractivity contribution in [3.8, 4) is 5.75 Å². The lowest BCUT2D eigenvalue weighted by Crippen LogP contribution is -2.45. The first-order valence-electron chi connectivity index (χ1n) is 6.98. The lowest BCUT2D eigenvalue weighted by atomic mass is 9.92. The number of aryl methyl sites for hydroxylation is 1. The first-order chi connectivity index (χ1) is 9.83. The molecule has 0 unspecified atom stereocenters. The van der Waals surface area contributed by atoms with Gasteiger partial charge in [0.15, 0.2) is 0 Å². The molecule has 2 rings (SSSR count). The van der Waals surface area contributed by atoms with E-state index in [1.165, 1.54) is 11.8 Å². The van der Waals surface area contributed by atoms with Gasteiger partial charge in [-0.05, 0) is 43.9 Å². The lowest BCUT2D eigenvalue weighted by Gasteiger charge is -2.27. The number of rotatable bonds is 5. The molecule has 0 bridgehead atoms. The molecule has 1 aromatic rings. The average molecular weight is 291 g/mol. The molecule has 0 aromatic heterocycles. The van der Waals surface area contributed by atoms with Gasteiger partial charge in [0.2, 0.25) is 5.91 Å². The van der Waals surface area contributed by atoms with Crippen LogP contribution in [-0.2, 0) is 15.0 Å². The Morgan fingerprint density at radius 2 is 2.00 bits per heavy atom. The van der Waals surface area contributed by atoms with Crippen molar-refractivity contribution < 1.29 is 19.4 Å². The second-order valence-electron chi connectivity index (χ2n) is 5.70. The molecule has 1 aromatic carbocycles.